The first-order chi connectivity index (χ1) is 15.8. The van der Waals surface area contributed by atoms with Crippen LogP contribution in [0.15, 0.2) is 18.2 Å². The van der Waals surface area contributed by atoms with Crippen molar-refractivity contribution >= 4 is 17.6 Å². The summed E-state index contributed by atoms with van der Waals surface area (Å²) in [6, 6.07) is 6.51. The number of aryl methyl sites for hydroxylation is 2. The first-order valence-electron chi connectivity index (χ1n) is 12.0. The largest absolute Gasteiger partial charge is 0.461 e. The molecular weight excluding hydrogens is 416 g/mol. The molecule has 3 rings (SSSR count). The fourth-order valence-electron chi connectivity index (χ4n) is 4.54. The number of hydrogen-bond donors (Lipinski definition) is 2. The Kier molecular flexibility index (Phi) is 8.55. The fraction of sp³-hybridized carbons (Fsp3) is 0.538. The molecule has 0 unspecified atom stereocenters. The van der Waals surface area contributed by atoms with Crippen molar-refractivity contribution in [3.8, 4) is 0 Å². The maximum atomic E-state index is 12.4. The molecule has 0 radical (unpaired) electrons. The summed E-state index contributed by atoms with van der Waals surface area (Å²) in [5.41, 5.74) is 7.34. The molecule has 2 N–H and O–H groups in total. The van der Waals surface area contributed by atoms with Gasteiger partial charge in [-0.3, -0.25) is 9.69 Å². The number of rotatable bonds is 9. The molecule has 2 aromatic rings. The summed E-state index contributed by atoms with van der Waals surface area (Å²) < 4.78 is 5.10. The van der Waals surface area contributed by atoms with Crippen LogP contribution in [0.5, 0.6) is 0 Å². The van der Waals surface area contributed by atoms with E-state index in [1.807, 2.05) is 13.8 Å². The SMILES string of the molecule is CCOC(=O)c1[nH]c(C)c(CCC(=O)NCCN2CCN(c3cccc(C)c3C)CC2)c1C. The number of nitrogens with zero attached hydrogens (tertiary/aromatic N) is 2. The van der Waals surface area contributed by atoms with Crippen molar-refractivity contribution in [1.29, 1.82) is 0 Å². The van der Waals surface area contributed by atoms with Crippen LogP contribution < -0.4 is 10.2 Å². The van der Waals surface area contributed by atoms with Gasteiger partial charge in [-0.1, -0.05) is 12.1 Å². The second kappa shape index (κ2) is 11.4. The number of piperazine rings is 1. The average Bonchev–Trinajstić information content (AvgIpc) is 3.08. The lowest BCUT2D eigenvalue weighted by Gasteiger charge is -2.37. The number of esters is 1. The topological polar surface area (TPSA) is 77.7 Å². The van der Waals surface area contributed by atoms with Gasteiger partial charge in [-0.15, -0.1) is 0 Å². The van der Waals surface area contributed by atoms with Crippen LogP contribution in [0.3, 0.4) is 0 Å². The molecule has 0 spiro atoms. The highest BCUT2D eigenvalue weighted by atomic mass is 16.5. The number of aromatic amines is 1. The second-order valence-corrected chi connectivity index (χ2v) is 8.85. The molecule has 1 aromatic heterocycles. The molecule has 1 saturated heterocycles. The molecule has 1 aliphatic rings. The highest BCUT2D eigenvalue weighted by Gasteiger charge is 2.20. The zero-order chi connectivity index (χ0) is 24.0. The number of aromatic nitrogens is 1. The van der Waals surface area contributed by atoms with Crippen molar-refractivity contribution in [3.63, 3.8) is 0 Å². The van der Waals surface area contributed by atoms with E-state index in [-0.39, 0.29) is 11.9 Å². The van der Waals surface area contributed by atoms with Crippen LogP contribution in [0, 0.1) is 27.7 Å². The lowest BCUT2D eigenvalue weighted by atomic mass is 10.0. The number of hydrogen-bond acceptors (Lipinski definition) is 5. The number of benzene rings is 1. The van der Waals surface area contributed by atoms with E-state index in [0.29, 0.717) is 31.7 Å². The van der Waals surface area contributed by atoms with Crippen LogP contribution in [-0.4, -0.2) is 67.6 Å². The van der Waals surface area contributed by atoms with Crippen molar-refractivity contribution in [1.82, 2.24) is 15.2 Å². The van der Waals surface area contributed by atoms with Crippen molar-refractivity contribution in [2.45, 2.75) is 47.5 Å². The Morgan fingerprint density at radius 1 is 1.06 bits per heavy atom. The summed E-state index contributed by atoms with van der Waals surface area (Å²) in [5.74, 6) is -0.298. The Hall–Kier alpha value is -2.80. The predicted octanol–water partition coefficient (Wildman–Crippen LogP) is 3.30. The highest BCUT2D eigenvalue weighted by Crippen LogP contribution is 2.24. The lowest BCUT2D eigenvalue weighted by Crippen LogP contribution is -2.48. The van der Waals surface area contributed by atoms with Gasteiger partial charge in [0.2, 0.25) is 5.91 Å². The number of carbonyl (C=O) groups is 2. The maximum absolute atomic E-state index is 12.4. The summed E-state index contributed by atoms with van der Waals surface area (Å²) in [6.45, 7) is 15.9. The second-order valence-electron chi connectivity index (χ2n) is 8.85. The minimum Gasteiger partial charge on any atom is -0.461 e. The van der Waals surface area contributed by atoms with Gasteiger partial charge in [0, 0.05) is 57.1 Å². The van der Waals surface area contributed by atoms with Crippen molar-refractivity contribution in [2.75, 3.05) is 50.8 Å². The zero-order valence-corrected chi connectivity index (χ0v) is 20.7. The van der Waals surface area contributed by atoms with Gasteiger partial charge in [0.15, 0.2) is 0 Å². The minimum absolute atomic E-state index is 0.0432. The molecule has 0 saturated carbocycles. The van der Waals surface area contributed by atoms with E-state index in [4.69, 9.17) is 4.74 Å². The molecular formula is C26H38N4O3. The minimum atomic E-state index is -0.341. The summed E-state index contributed by atoms with van der Waals surface area (Å²) in [6.07, 6.45) is 1.01. The Bertz CT molecular complexity index is 974. The highest BCUT2D eigenvalue weighted by molar-refractivity contribution is 5.90. The van der Waals surface area contributed by atoms with Gasteiger partial charge in [-0.25, -0.2) is 4.79 Å². The third kappa shape index (κ3) is 6.16. The standard InChI is InChI=1S/C26H38N4O3/c1-6-33-26(32)25-20(4)22(21(5)28-25)10-11-24(31)27-12-13-29-14-16-30(17-15-29)23-9-7-8-18(2)19(23)3/h7-9,28H,6,10-17H2,1-5H3,(H,27,31). The molecule has 1 aromatic carbocycles. The molecule has 180 valence electrons. The molecule has 7 heteroatoms. The zero-order valence-electron chi connectivity index (χ0n) is 20.7. The van der Waals surface area contributed by atoms with Gasteiger partial charge in [0.05, 0.1) is 6.61 Å². The van der Waals surface area contributed by atoms with Crippen LogP contribution in [0.1, 0.15) is 51.8 Å². The third-order valence-electron chi connectivity index (χ3n) is 6.71. The number of carbonyl (C=O) groups excluding carboxylic acids is 2. The fourth-order valence-corrected chi connectivity index (χ4v) is 4.54. The normalized spacial score (nSPS) is 14.4. The van der Waals surface area contributed by atoms with Crippen LogP contribution in [0.2, 0.25) is 0 Å². The van der Waals surface area contributed by atoms with Crippen LogP contribution in [0.4, 0.5) is 5.69 Å². The van der Waals surface area contributed by atoms with E-state index in [0.717, 1.165) is 49.5 Å². The van der Waals surface area contributed by atoms with Gasteiger partial charge in [0.25, 0.3) is 0 Å². The van der Waals surface area contributed by atoms with E-state index in [9.17, 15) is 9.59 Å². The third-order valence-corrected chi connectivity index (χ3v) is 6.71. The molecule has 0 bridgehead atoms. The number of nitrogens with one attached hydrogen (secondary N) is 2. The Balaban J connectivity index is 1.39. The van der Waals surface area contributed by atoms with E-state index < -0.39 is 0 Å². The molecule has 2 heterocycles. The van der Waals surface area contributed by atoms with Crippen molar-refractivity contribution in [2.24, 2.45) is 0 Å². The van der Waals surface area contributed by atoms with Gasteiger partial charge in [-0.05, 0) is 69.4 Å². The first-order valence-corrected chi connectivity index (χ1v) is 12.0. The maximum Gasteiger partial charge on any atom is 0.355 e. The van der Waals surface area contributed by atoms with Gasteiger partial charge in [0.1, 0.15) is 5.69 Å². The van der Waals surface area contributed by atoms with Gasteiger partial charge in [-0.2, -0.15) is 0 Å². The summed E-state index contributed by atoms with van der Waals surface area (Å²) >= 11 is 0. The number of anilines is 1. The number of ether oxygens (including phenoxy) is 1. The van der Waals surface area contributed by atoms with E-state index in [1.54, 1.807) is 6.92 Å². The summed E-state index contributed by atoms with van der Waals surface area (Å²) in [7, 11) is 0. The molecule has 33 heavy (non-hydrogen) atoms. The summed E-state index contributed by atoms with van der Waals surface area (Å²) in [5, 5.41) is 3.05. The molecule has 1 fully saturated rings. The lowest BCUT2D eigenvalue weighted by molar-refractivity contribution is -0.121. The Labute approximate surface area is 197 Å². The summed E-state index contributed by atoms with van der Waals surface area (Å²) in [4.78, 5) is 32.4. The smallest absolute Gasteiger partial charge is 0.355 e. The van der Waals surface area contributed by atoms with E-state index in [2.05, 4.69) is 52.1 Å². The van der Waals surface area contributed by atoms with Gasteiger partial charge < -0.3 is 19.9 Å². The van der Waals surface area contributed by atoms with E-state index >= 15 is 0 Å². The molecule has 0 aliphatic carbocycles. The van der Waals surface area contributed by atoms with Crippen molar-refractivity contribution < 1.29 is 14.3 Å². The average molecular weight is 455 g/mol. The molecule has 0 atom stereocenters. The monoisotopic (exact) mass is 454 g/mol. The quantitative estimate of drug-likeness (QED) is 0.569. The number of amides is 1. The van der Waals surface area contributed by atoms with Gasteiger partial charge >= 0.3 is 5.97 Å². The van der Waals surface area contributed by atoms with E-state index in [1.165, 1.54) is 16.8 Å². The molecule has 7 nitrogen and oxygen atoms in total. The predicted molar refractivity (Wildman–Crippen MR) is 132 cm³/mol. The Morgan fingerprint density at radius 2 is 1.79 bits per heavy atom. The van der Waals surface area contributed by atoms with Crippen LogP contribution in [0.25, 0.3) is 0 Å². The van der Waals surface area contributed by atoms with Crippen molar-refractivity contribution in [3.05, 3.63) is 51.8 Å². The number of H-pyrrole nitrogens is 1. The first kappa shape index (κ1) is 24.8. The molecule has 1 aliphatic heterocycles. The van der Waals surface area contributed by atoms with Crippen LogP contribution in [-0.2, 0) is 16.0 Å². The molecule has 1 amide bonds. The van der Waals surface area contributed by atoms with Crippen LogP contribution >= 0.6 is 0 Å². The Morgan fingerprint density at radius 3 is 2.48 bits per heavy atom.